The largest absolute Gasteiger partial charge is 0.313 e. The standard InChI is InChI=1S/C9H21NO3S2/c1-4-15(12,13)8-6-10-9(2)5-7-14(3)11/h9-10H,4-8H2,1-3H3. The summed E-state index contributed by atoms with van der Waals surface area (Å²) in [5.41, 5.74) is 0. The smallest absolute Gasteiger partial charge is 0.151 e. The van der Waals surface area contributed by atoms with Gasteiger partial charge in [0.25, 0.3) is 0 Å². The zero-order valence-electron chi connectivity index (χ0n) is 9.65. The van der Waals surface area contributed by atoms with Crippen LogP contribution in [0, 0.1) is 0 Å². The molecule has 0 heterocycles. The van der Waals surface area contributed by atoms with Crippen molar-refractivity contribution in [3.05, 3.63) is 0 Å². The molecule has 6 heteroatoms. The van der Waals surface area contributed by atoms with Gasteiger partial charge >= 0.3 is 0 Å². The number of nitrogens with one attached hydrogen (secondary N) is 1. The van der Waals surface area contributed by atoms with E-state index in [1.54, 1.807) is 13.2 Å². The Morgan fingerprint density at radius 2 is 2.00 bits per heavy atom. The van der Waals surface area contributed by atoms with Crippen LogP contribution in [-0.2, 0) is 20.6 Å². The van der Waals surface area contributed by atoms with Crippen LogP contribution in [0.1, 0.15) is 20.3 Å². The van der Waals surface area contributed by atoms with Crippen molar-refractivity contribution in [3.63, 3.8) is 0 Å². The minimum absolute atomic E-state index is 0.184. The molecule has 0 saturated heterocycles. The lowest BCUT2D eigenvalue weighted by Gasteiger charge is -2.12. The summed E-state index contributed by atoms with van der Waals surface area (Å²) in [5.74, 6) is 1.04. The van der Waals surface area contributed by atoms with E-state index in [0.717, 1.165) is 6.42 Å². The molecule has 0 aromatic carbocycles. The van der Waals surface area contributed by atoms with Gasteiger partial charge in [-0.05, 0) is 13.3 Å². The number of rotatable bonds is 8. The molecule has 0 radical (unpaired) electrons. The zero-order chi connectivity index (χ0) is 11.9. The maximum absolute atomic E-state index is 11.2. The van der Waals surface area contributed by atoms with Gasteiger partial charge in [-0.25, -0.2) is 8.42 Å². The Morgan fingerprint density at radius 1 is 1.40 bits per heavy atom. The average molecular weight is 255 g/mol. The van der Waals surface area contributed by atoms with Gasteiger partial charge in [-0.1, -0.05) is 6.92 Å². The molecule has 1 N–H and O–H groups in total. The first-order valence-corrected chi connectivity index (χ1v) is 8.66. The fraction of sp³-hybridized carbons (Fsp3) is 1.00. The molecular formula is C9H21NO3S2. The second-order valence-corrected chi connectivity index (χ2v) is 7.68. The predicted molar refractivity (Wildman–Crippen MR) is 65.3 cm³/mol. The van der Waals surface area contributed by atoms with Crippen LogP contribution >= 0.6 is 0 Å². The zero-order valence-corrected chi connectivity index (χ0v) is 11.3. The Morgan fingerprint density at radius 3 is 2.47 bits per heavy atom. The van der Waals surface area contributed by atoms with Crippen molar-refractivity contribution >= 4 is 20.6 Å². The summed E-state index contributed by atoms with van der Waals surface area (Å²) >= 11 is 0. The lowest BCUT2D eigenvalue weighted by molar-refractivity contribution is 0.545. The van der Waals surface area contributed by atoms with E-state index in [-0.39, 0.29) is 17.5 Å². The minimum atomic E-state index is -2.87. The van der Waals surface area contributed by atoms with E-state index in [9.17, 15) is 12.6 Å². The van der Waals surface area contributed by atoms with E-state index in [0.29, 0.717) is 12.3 Å². The van der Waals surface area contributed by atoms with Gasteiger partial charge in [0.15, 0.2) is 9.84 Å². The Labute approximate surface area is 95.2 Å². The lowest BCUT2D eigenvalue weighted by atomic mass is 10.3. The van der Waals surface area contributed by atoms with Gasteiger partial charge in [0, 0.05) is 41.1 Å². The predicted octanol–water partition coefficient (Wildman–Crippen LogP) is 0.168. The Hall–Kier alpha value is 0.0600. The first-order valence-electron chi connectivity index (χ1n) is 5.11. The van der Waals surface area contributed by atoms with E-state index in [1.165, 1.54) is 0 Å². The van der Waals surface area contributed by atoms with E-state index in [2.05, 4.69) is 5.32 Å². The summed E-state index contributed by atoms with van der Waals surface area (Å²) in [6.07, 6.45) is 2.49. The third-order valence-electron chi connectivity index (χ3n) is 2.18. The summed E-state index contributed by atoms with van der Waals surface area (Å²) in [7, 11) is -3.64. The van der Waals surface area contributed by atoms with E-state index in [1.807, 2.05) is 6.92 Å². The van der Waals surface area contributed by atoms with Crippen LogP contribution in [0.4, 0.5) is 0 Å². The molecule has 0 rings (SSSR count). The summed E-state index contributed by atoms with van der Waals surface area (Å²) in [5, 5.41) is 3.11. The van der Waals surface area contributed by atoms with Crippen molar-refractivity contribution in [1.29, 1.82) is 0 Å². The molecule has 0 aromatic heterocycles. The molecule has 0 bridgehead atoms. The van der Waals surface area contributed by atoms with Crippen molar-refractivity contribution in [1.82, 2.24) is 5.32 Å². The molecule has 0 aromatic rings. The minimum Gasteiger partial charge on any atom is -0.313 e. The fourth-order valence-corrected chi connectivity index (χ4v) is 2.45. The highest BCUT2D eigenvalue weighted by atomic mass is 32.2. The molecule has 0 amide bonds. The van der Waals surface area contributed by atoms with Crippen molar-refractivity contribution < 1.29 is 12.6 Å². The third kappa shape index (κ3) is 9.02. The van der Waals surface area contributed by atoms with Gasteiger partial charge in [-0.15, -0.1) is 0 Å². The van der Waals surface area contributed by atoms with Gasteiger partial charge in [0.05, 0.1) is 5.75 Å². The molecule has 0 aliphatic heterocycles. The molecule has 0 saturated carbocycles. The Balaban J connectivity index is 3.64. The van der Waals surface area contributed by atoms with Crippen molar-refractivity contribution in [2.75, 3.05) is 30.1 Å². The third-order valence-corrected chi connectivity index (χ3v) is 4.70. The van der Waals surface area contributed by atoms with Gasteiger partial charge in [-0.3, -0.25) is 4.21 Å². The summed E-state index contributed by atoms with van der Waals surface area (Å²) < 4.78 is 33.1. The quantitative estimate of drug-likeness (QED) is 0.671. The Kier molecular flexibility index (Phi) is 7.38. The first-order chi connectivity index (χ1) is 6.87. The summed E-state index contributed by atoms with van der Waals surface area (Å²) in [6, 6.07) is 0.223. The molecule has 92 valence electrons. The topological polar surface area (TPSA) is 63.2 Å². The van der Waals surface area contributed by atoms with E-state index < -0.39 is 20.6 Å². The number of hydrogen-bond donors (Lipinski definition) is 1. The second kappa shape index (κ2) is 7.35. The average Bonchev–Trinajstić information content (AvgIpc) is 2.14. The molecular weight excluding hydrogens is 234 g/mol. The van der Waals surface area contributed by atoms with Gasteiger partial charge in [0.1, 0.15) is 0 Å². The van der Waals surface area contributed by atoms with Gasteiger partial charge < -0.3 is 5.32 Å². The van der Waals surface area contributed by atoms with Gasteiger partial charge in [-0.2, -0.15) is 0 Å². The Bertz CT molecular complexity index is 288. The monoisotopic (exact) mass is 255 g/mol. The molecule has 2 atom stereocenters. The molecule has 15 heavy (non-hydrogen) atoms. The van der Waals surface area contributed by atoms with Crippen LogP contribution in [0.25, 0.3) is 0 Å². The van der Waals surface area contributed by atoms with Crippen LogP contribution < -0.4 is 5.32 Å². The van der Waals surface area contributed by atoms with Crippen molar-refractivity contribution in [2.24, 2.45) is 0 Å². The molecule has 0 aliphatic rings. The van der Waals surface area contributed by atoms with Crippen molar-refractivity contribution in [3.8, 4) is 0 Å². The summed E-state index contributed by atoms with van der Waals surface area (Å²) in [6.45, 7) is 4.11. The number of hydrogen-bond acceptors (Lipinski definition) is 4. The lowest BCUT2D eigenvalue weighted by Crippen LogP contribution is -2.32. The second-order valence-electron chi connectivity index (χ2n) is 3.66. The normalized spacial score (nSPS) is 16.2. The number of sulfone groups is 1. The van der Waals surface area contributed by atoms with Crippen LogP contribution in [0.5, 0.6) is 0 Å². The van der Waals surface area contributed by atoms with Crippen LogP contribution in [0.3, 0.4) is 0 Å². The van der Waals surface area contributed by atoms with E-state index in [4.69, 9.17) is 0 Å². The van der Waals surface area contributed by atoms with Crippen LogP contribution in [0.15, 0.2) is 0 Å². The van der Waals surface area contributed by atoms with Crippen LogP contribution in [-0.4, -0.2) is 48.7 Å². The maximum Gasteiger partial charge on any atom is 0.151 e. The first kappa shape index (κ1) is 15.1. The molecule has 0 fully saturated rings. The fourth-order valence-electron chi connectivity index (χ4n) is 1.05. The highest BCUT2D eigenvalue weighted by Crippen LogP contribution is 1.93. The maximum atomic E-state index is 11.2. The molecule has 4 nitrogen and oxygen atoms in total. The van der Waals surface area contributed by atoms with Crippen molar-refractivity contribution in [2.45, 2.75) is 26.3 Å². The highest BCUT2D eigenvalue weighted by molar-refractivity contribution is 7.91. The summed E-state index contributed by atoms with van der Waals surface area (Å²) in [4.78, 5) is 0. The van der Waals surface area contributed by atoms with Gasteiger partial charge in [0.2, 0.25) is 0 Å². The van der Waals surface area contributed by atoms with Crippen LogP contribution in [0.2, 0.25) is 0 Å². The molecule has 2 unspecified atom stereocenters. The SMILES string of the molecule is CCS(=O)(=O)CCNC(C)CCS(C)=O. The molecule has 0 spiro atoms. The van der Waals surface area contributed by atoms with E-state index >= 15 is 0 Å². The molecule has 0 aliphatic carbocycles. The highest BCUT2D eigenvalue weighted by Gasteiger charge is 2.08.